The zero-order valence-electron chi connectivity index (χ0n) is 12.4. The van der Waals surface area contributed by atoms with E-state index in [9.17, 15) is 0 Å². The number of para-hydroxylation sites is 1. The van der Waals surface area contributed by atoms with Gasteiger partial charge in [-0.15, -0.1) is 0 Å². The molecule has 1 aliphatic carbocycles. The molecule has 2 heteroatoms. The first-order valence-corrected chi connectivity index (χ1v) is 7.68. The van der Waals surface area contributed by atoms with E-state index in [0.29, 0.717) is 0 Å². The minimum Gasteiger partial charge on any atom is -0.343 e. The van der Waals surface area contributed by atoms with Crippen LogP contribution >= 0.6 is 0 Å². The summed E-state index contributed by atoms with van der Waals surface area (Å²) in [5.41, 5.74) is 4.01. The summed E-state index contributed by atoms with van der Waals surface area (Å²) in [6, 6.07) is 9.53. The number of hydrogen-bond acceptors (Lipinski definition) is 1. The molecule has 0 bridgehead atoms. The number of allylic oxidation sites excluding steroid dienone is 1. The van der Waals surface area contributed by atoms with Gasteiger partial charge in [-0.2, -0.15) is 0 Å². The fraction of sp³-hybridized carbons (Fsp3) is 0.444. The van der Waals surface area contributed by atoms with Crippen molar-refractivity contribution in [3.63, 3.8) is 0 Å². The summed E-state index contributed by atoms with van der Waals surface area (Å²) in [6.07, 6.45) is 7.44. The fourth-order valence-corrected chi connectivity index (χ4v) is 2.82. The third-order valence-electron chi connectivity index (χ3n) is 3.94. The highest BCUT2D eigenvalue weighted by Crippen LogP contribution is 2.23. The molecule has 0 radical (unpaired) electrons. The summed E-state index contributed by atoms with van der Waals surface area (Å²) in [5.74, 6) is 0. The summed E-state index contributed by atoms with van der Waals surface area (Å²) >= 11 is 0. The van der Waals surface area contributed by atoms with E-state index in [1.165, 1.54) is 41.3 Å². The molecule has 3 rings (SSSR count). The van der Waals surface area contributed by atoms with Crippen LogP contribution in [0.5, 0.6) is 0 Å². The average molecular weight is 268 g/mol. The molecule has 1 heterocycles. The minimum atomic E-state index is 0.819. The monoisotopic (exact) mass is 268 g/mol. The molecule has 1 aromatic carbocycles. The molecule has 0 unspecified atom stereocenters. The summed E-state index contributed by atoms with van der Waals surface area (Å²) in [7, 11) is 0. The van der Waals surface area contributed by atoms with E-state index in [1.807, 2.05) is 0 Å². The first-order valence-electron chi connectivity index (χ1n) is 7.68. The van der Waals surface area contributed by atoms with Crippen molar-refractivity contribution in [1.82, 2.24) is 9.88 Å². The molecule has 1 aliphatic rings. The number of hydrogen-bond donors (Lipinski definition) is 1. The van der Waals surface area contributed by atoms with Crippen LogP contribution in [-0.4, -0.2) is 17.2 Å². The van der Waals surface area contributed by atoms with E-state index in [0.717, 1.165) is 25.6 Å². The van der Waals surface area contributed by atoms with E-state index in [2.05, 4.69) is 53.8 Å². The lowest BCUT2D eigenvalue weighted by Crippen LogP contribution is -2.17. The number of benzene rings is 1. The van der Waals surface area contributed by atoms with Gasteiger partial charge in [0.25, 0.3) is 0 Å². The molecule has 1 N–H and O–H groups in total. The van der Waals surface area contributed by atoms with Gasteiger partial charge in [-0.1, -0.05) is 30.4 Å². The first kappa shape index (κ1) is 13.4. The number of rotatable bonds is 7. The zero-order valence-corrected chi connectivity index (χ0v) is 12.4. The van der Waals surface area contributed by atoms with E-state index < -0.39 is 0 Å². The second-order valence-corrected chi connectivity index (χ2v) is 6.09. The second-order valence-electron chi connectivity index (χ2n) is 6.09. The quantitative estimate of drug-likeness (QED) is 0.595. The maximum absolute atomic E-state index is 4.04. The van der Waals surface area contributed by atoms with Crippen molar-refractivity contribution < 1.29 is 0 Å². The topological polar surface area (TPSA) is 17.0 Å². The van der Waals surface area contributed by atoms with Gasteiger partial charge in [0.1, 0.15) is 0 Å². The smallest absolute Gasteiger partial charge is 0.0486 e. The van der Waals surface area contributed by atoms with Crippen molar-refractivity contribution in [2.45, 2.75) is 45.2 Å². The standard InChI is InChI=1S/C18H24N2/c1-14(2)12-20-13-15(6-5-11-19-16-9-10-16)17-7-3-4-8-18(17)20/h3-4,7-8,13,16,19H,1,5-6,9-12H2,2H3. The molecule has 2 nitrogen and oxygen atoms in total. The van der Waals surface area contributed by atoms with Gasteiger partial charge in [0.2, 0.25) is 0 Å². The number of nitrogens with zero attached hydrogens (tertiary/aromatic N) is 1. The van der Waals surface area contributed by atoms with Crippen LogP contribution in [0, 0.1) is 0 Å². The van der Waals surface area contributed by atoms with Crippen molar-refractivity contribution >= 4 is 10.9 Å². The highest BCUT2D eigenvalue weighted by molar-refractivity contribution is 5.84. The maximum Gasteiger partial charge on any atom is 0.0486 e. The Morgan fingerprint density at radius 2 is 2.15 bits per heavy atom. The molecule has 1 saturated carbocycles. The molecule has 20 heavy (non-hydrogen) atoms. The summed E-state index contributed by atoms with van der Waals surface area (Å²) in [6.45, 7) is 8.19. The third-order valence-corrected chi connectivity index (χ3v) is 3.94. The van der Waals surface area contributed by atoms with Crippen molar-refractivity contribution in [3.8, 4) is 0 Å². The van der Waals surface area contributed by atoms with Crippen molar-refractivity contribution in [2.24, 2.45) is 0 Å². The van der Waals surface area contributed by atoms with Crippen LogP contribution in [-0.2, 0) is 13.0 Å². The lowest BCUT2D eigenvalue weighted by atomic mass is 10.1. The van der Waals surface area contributed by atoms with Gasteiger partial charge in [0, 0.05) is 29.7 Å². The molecule has 0 amide bonds. The highest BCUT2D eigenvalue weighted by atomic mass is 15.0. The summed E-state index contributed by atoms with van der Waals surface area (Å²) in [4.78, 5) is 0. The van der Waals surface area contributed by atoms with Crippen LogP contribution in [0.2, 0.25) is 0 Å². The van der Waals surface area contributed by atoms with E-state index >= 15 is 0 Å². The van der Waals surface area contributed by atoms with Crippen LogP contribution in [0.25, 0.3) is 10.9 Å². The Bertz CT molecular complexity index is 605. The Labute approximate surface area is 121 Å². The predicted molar refractivity (Wildman–Crippen MR) is 86.1 cm³/mol. The summed E-state index contributed by atoms with van der Waals surface area (Å²) < 4.78 is 2.33. The van der Waals surface area contributed by atoms with Gasteiger partial charge in [-0.05, 0) is 50.8 Å². The Morgan fingerprint density at radius 3 is 2.90 bits per heavy atom. The van der Waals surface area contributed by atoms with Gasteiger partial charge < -0.3 is 9.88 Å². The van der Waals surface area contributed by atoms with E-state index in [4.69, 9.17) is 0 Å². The Balaban J connectivity index is 1.73. The lowest BCUT2D eigenvalue weighted by Gasteiger charge is -2.03. The van der Waals surface area contributed by atoms with Gasteiger partial charge in [0.05, 0.1) is 0 Å². The van der Waals surface area contributed by atoms with Crippen LogP contribution in [0.1, 0.15) is 31.7 Å². The average Bonchev–Trinajstić information content (AvgIpc) is 3.19. The molecular formula is C18H24N2. The molecule has 0 atom stereocenters. The SMILES string of the molecule is C=C(C)Cn1cc(CCCNC2CC2)c2ccccc21. The normalized spacial score (nSPS) is 14.8. The molecule has 0 aliphatic heterocycles. The van der Waals surface area contributed by atoms with Crippen LogP contribution in [0.4, 0.5) is 0 Å². The molecule has 2 aromatic rings. The second kappa shape index (κ2) is 5.84. The van der Waals surface area contributed by atoms with Crippen molar-refractivity contribution in [3.05, 3.63) is 48.2 Å². The van der Waals surface area contributed by atoms with Crippen molar-refractivity contribution in [2.75, 3.05) is 6.54 Å². The number of fused-ring (bicyclic) bond motifs is 1. The van der Waals surface area contributed by atoms with E-state index in [-0.39, 0.29) is 0 Å². The Kier molecular flexibility index (Phi) is 3.93. The van der Waals surface area contributed by atoms with Gasteiger partial charge in [-0.25, -0.2) is 0 Å². The third kappa shape index (κ3) is 3.13. The maximum atomic E-state index is 4.04. The van der Waals surface area contributed by atoms with Crippen molar-refractivity contribution in [1.29, 1.82) is 0 Å². The molecule has 0 spiro atoms. The number of aromatic nitrogens is 1. The molecular weight excluding hydrogens is 244 g/mol. The minimum absolute atomic E-state index is 0.819. The number of aryl methyl sites for hydroxylation is 1. The largest absolute Gasteiger partial charge is 0.343 e. The number of nitrogens with one attached hydrogen (secondary N) is 1. The Morgan fingerprint density at radius 1 is 1.35 bits per heavy atom. The van der Waals surface area contributed by atoms with Gasteiger partial charge in [0.15, 0.2) is 0 Å². The zero-order chi connectivity index (χ0) is 13.9. The highest BCUT2D eigenvalue weighted by Gasteiger charge is 2.19. The first-order chi connectivity index (χ1) is 9.74. The van der Waals surface area contributed by atoms with Gasteiger partial charge >= 0.3 is 0 Å². The van der Waals surface area contributed by atoms with Gasteiger partial charge in [-0.3, -0.25) is 0 Å². The fourth-order valence-electron chi connectivity index (χ4n) is 2.82. The summed E-state index contributed by atoms with van der Waals surface area (Å²) in [5, 5.41) is 5.00. The molecule has 1 aromatic heterocycles. The Hall–Kier alpha value is -1.54. The molecule has 0 saturated heterocycles. The molecule has 1 fully saturated rings. The van der Waals surface area contributed by atoms with Crippen LogP contribution < -0.4 is 5.32 Å². The van der Waals surface area contributed by atoms with Crippen LogP contribution in [0.15, 0.2) is 42.6 Å². The van der Waals surface area contributed by atoms with E-state index in [1.54, 1.807) is 0 Å². The molecule has 106 valence electrons. The predicted octanol–water partition coefficient (Wildman–Crippen LogP) is 3.90. The lowest BCUT2D eigenvalue weighted by molar-refractivity contribution is 0.645. The van der Waals surface area contributed by atoms with Crippen LogP contribution in [0.3, 0.4) is 0 Å².